The molecule has 4 aromatic rings. The quantitative estimate of drug-likeness (QED) is 0.190. The van der Waals surface area contributed by atoms with Gasteiger partial charge >= 0.3 is 0 Å². The molecule has 304 valence electrons. The van der Waals surface area contributed by atoms with E-state index in [9.17, 15) is 14.7 Å². The first-order valence-electron chi connectivity index (χ1n) is 20.8. The lowest BCUT2D eigenvalue weighted by Crippen LogP contribution is -2.44. The largest absolute Gasteiger partial charge is 0.390 e. The summed E-state index contributed by atoms with van der Waals surface area (Å²) in [6.45, 7) is 10.9. The molecule has 4 aromatic carbocycles. The summed E-state index contributed by atoms with van der Waals surface area (Å²) in [6.07, 6.45) is 12.9. The maximum absolute atomic E-state index is 12.8. The maximum Gasteiger partial charge on any atom is 0.246 e. The molecule has 8 rings (SSSR count). The number of fused-ring (bicyclic) bond motifs is 4. The summed E-state index contributed by atoms with van der Waals surface area (Å²) in [5.74, 6) is 0.222. The molecular formula is C50H57Cl2N3O3. The van der Waals surface area contributed by atoms with Gasteiger partial charge in [-0.25, -0.2) is 0 Å². The highest BCUT2D eigenvalue weighted by molar-refractivity contribution is 6.32. The summed E-state index contributed by atoms with van der Waals surface area (Å²) in [5.41, 5.74) is 8.73. The van der Waals surface area contributed by atoms with Crippen LogP contribution in [-0.2, 0) is 20.4 Å². The maximum atomic E-state index is 12.8. The highest BCUT2D eigenvalue weighted by atomic mass is 35.5. The molecule has 2 aliphatic heterocycles. The van der Waals surface area contributed by atoms with Crippen molar-refractivity contribution in [3.05, 3.63) is 152 Å². The van der Waals surface area contributed by atoms with Crippen LogP contribution in [0.5, 0.6) is 0 Å². The van der Waals surface area contributed by atoms with E-state index in [4.69, 9.17) is 23.2 Å². The van der Waals surface area contributed by atoms with Crippen LogP contribution in [0.3, 0.4) is 0 Å². The fraction of sp³-hybridized carbons (Fsp3) is 0.400. The average Bonchev–Trinajstić information content (AvgIpc) is 3.71. The van der Waals surface area contributed by atoms with Crippen molar-refractivity contribution in [2.24, 2.45) is 0 Å². The zero-order valence-corrected chi connectivity index (χ0v) is 36.0. The number of aryl methyl sites for hydroxylation is 2. The van der Waals surface area contributed by atoms with Crippen molar-refractivity contribution in [3.8, 4) is 0 Å². The standard InChI is InChI=1S/C26H30ClNO2.C24H27ClN2O/c1-18-7-4-5-8-19(18)11-12-23(29)28-15-13-26(14-16-28)17-21(25(2,3)30)20-9-6-10-22(27)24(20)26;1-17-6-3-4-7-18(17)10-11-22(28)27-14-12-24(13-15-27)16-21(26-2)19-8-5-9-20(25)23(19)24/h4-12,21,30H,13-17H2,1-3H3;3-11,21,26H,12-16H2,1-2H3/b12-11+;11-10+. The first-order chi connectivity index (χ1) is 27.7. The number of carbonyl (C=O) groups is 2. The van der Waals surface area contributed by atoms with Crippen molar-refractivity contribution in [3.63, 3.8) is 0 Å². The van der Waals surface area contributed by atoms with Gasteiger partial charge in [0.1, 0.15) is 0 Å². The van der Waals surface area contributed by atoms with Gasteiger partial charge in [0, 0.05) is 71.2 Å². The number of nitrogens with one attached hydrogen (secondary N) is 1. The molecule has 2 aliphatic carbocycles. The summed E-state index contributed by atoms with van der Waals surface area (Å²) in [6, 6.07) is 28.8. The summed E-state index contributed by atoms with van der Waals surface area (Å²) >= 11 is 13.3. The molecule has 0 aromatic heterocycles. The molecule has 2 N–H and O–H groups in total. The van der Waals surface area contributed by atoms with Gasteiger partial charge in [0.15, 0.2) is 0 Å². The highest BCUT2D eigenvalue weighted by Crippen LogP contribution is 2.57. The molecule has 2 fully saturated rings. The Kier molecular flexibility index (Phi) is 12.4. The van der Waals surface area contributed by atoms with Crippen molar-refractivity contribution in [2.45, 2.75) is 94.6 Å². The molecular weight excluding hydrogens is 761 g/mol. The average molecular weight is 819 g/mol. The van der Waals surface area contributed by atoms with E-state index in [0.29, 0.717) is 19.1 Å². The molecule has 0 radical (unpaired) electrons. The van der Waals surface area contributed by atoms with Gasteiger partial charge in [-0.1, -0.05) is 96.0 Å². The molecule has 2 saturated heterocycles. The summed E-state index contributed by atoms with van der Waals surface area (Å²) in [5, 5.41) is 15.9. The molecule has 2 heterocycles. The van der Waals surface area contributed by atoms with Crippen LogP contribution in [0.25, 0.3) is 12.2 Å². The fourth-order valence-electron chi connectivity index (χ4n) is 10.2. The minimum Gasteiger partial charge on any atom is -0.390 e. The van der Waals surface area contributed by atoms with Gasteiger partial charge in [-0.2, -0.15) is 0 Å². The van der Waals surface area contributed by atoms with Crippen LogP contribution in [0, 0.1) is 13.8 Å². The van der Waals surface area contributed by atoms with Gasteiger partial charge in [0.25, 0.3) is 0 Å². The number of aliphatic hydroxyl groups is 1. The van der Waals surface area contributed by atoms with Gasteiger partial charge in [0.2, 0.25) is 11.8 Å². The van der Waals surface area contributed by atoms with Crippen molar-refractivity contribution in [1.82, 2.24) is 15.1 Å². The van der Waals surface area contributed by atoms with Crippen molar-refractivity contribution < 1.29 is 14.7 Å². The molecule has 8 heteroatoms. The zero-order chi connectivity index (χ0) is 41.2. The van der Waals surface area contributed by atoms with E-state index in [1.807, 2.05) is 104 Å². The number of amides is 2. The predicted octanol–water partition coefficient (Wildman–Crippen LogP) is 10.4. The molecule has 58 heavy (non-hydrogen) atoms. The minimum absolute atomic E-state index is 0.0597. The number of carbonyl (C=O) groups excluding carboxylic acids is 2. The minimum atomic E-state index is -0.799. The van der Waals surface area contributed by atoms with Gasteiger partial charge in [-0.05, 0) is 142 Å². The number of hydrogen-bond donors (Lipinski definition) is 2. The summed E-state index contributed by atoms with van der Waals surface area (Å²) < 4.78 is 0. The third-order valence-corrected chi connectivity index (χ3v) is 14.2. The molecule has 2 spiro atoms. The van der Waals surface area contributed by atoms with Crippen LogP contribution in [0.4, 0.5) is 0 Å². The van der Waals surface area contributed by atoms with Crippen LogP contribution in [0.2, 0.25) is 10.0 Å². The Balaban J connectivity index is 0.000000177. The lowest BCUT2D eigenvalue weighted by molar-refractivity contribution is -0.128. The van der Waals surface area contributed by atoms with Crippen molar-refractivity contribution >= 4 is 47.2 Å². The Morgan fingerprint density at radius 2 is 1.10 bits per heavy atom. The second-order valence-electron chi connectivity index (χ2n) is 17.5. The molecule has 2 unspecified atom stereocenters. The van der Waals surface area contributed by atoms with E-state index in [0.717, 1.165) is 78.4 Å². The summed E-state index contributed by atoms with van der Waals surface area (Å²) in [4.78, 5) is 29.4. The van der Waals surface area contributed by atoms with Crippen LogP contribution in [-0.4, -0.2) is 65.5 Å². The number of piperidine rings is 2. The van der Waals surface area contributed by atoms with Gasteiger partial charge in [0.05, 0.1) is 5.60 Å². The van der Waals surface area contributed by atoms with Crippen molar-refractivity contribution in [2.75, 3.05) is 33.2 Å². The highest BCUT2D eigenvalue weighted by Gasteiger charge is 2.51. The molecule has 2 atom stereocenters. The van der Waals surface area contributed by atoms with E-state index in [2.05, 4.69) is 43.4 Å². The molecule has 4 aliphatic rings. The number of nitrogens with zero attached hydrogens (tertiary/aromatic N) is 2. The van der Waals surface area contributed by atoms with Crippen molar-refractivity contribution in [1.29, 1.82) is 0 Å². The third kappa shape index (κ3) is 8.45. The second kappa shape index (κ2) is 17.2. The Labute approximate surface area is 354 Å². The third-order valence-electron chi connectivity index (χ3n) is 13.5. The van der Waals surface area contributed by atoms with Crippen LogP contribution in [0.15, 0.2) is 97.1 Å². The van der Waals surface area contributed by atoms with Crippen LogP contribution < -0.4 is 5.32 Å². The Bertz CT molecular complexity index is 2210. The van der Waals surface area contributed by atoms with Gasteiger partial charge in [-0.3, -0.25) is 9.59 Å². The number of likely N-dealkylation sites (tertiary alicyclic amines) is 2. The predicted molar refractivity (Wildman–Crippen MR) is 238 cm³/mol. The normalized spacial score (nSPS) is 20.7. The van der Waals surface area contributed by atoms with Gasteiger partial charge < -0.3 is 20.2 Å². The number of benzene rings is 4. The lowest BCUT2D eigenvalue weighted by Gasteiger charge is -2.41. The van der Waals surface area contributed by atoms with E-state index >= 15 is 0 Å². The van der Waals surface area contributed by atoms with Crippen LogP contribution in [0.1, 0.15) is 109 Å². The SMILES string of the molecule is CNC1CC2(CCN(C(=O)/C=C/c3ccccc3C)CC2)c2c(Cl)cccc21.Cc1ccccc1/C=C/C(=O)N1CCC2(CC1)CC(C(C)(C)O)c1cccc(Cl)c12. The Morgan fingerprint density at radius 3 is 1.55 bits per heavy atom. The lowest BCUT2D eigenvalue weighted by atomic mass is 9.72. The second-order valence-corrected chi connectivity index (χ2v) is 18.3. The summed E-state index contributed by atoms with van der Waals surface area (Å²) in [7, 11) is 2.02. The smallest absolute Gasteiger partial charge is 0.246 e. The van der Waals surface area contributed by atoms with E-state index in [1.165, 1.54) is 27.8 Å². The zero-order valence-electron chi connectivity index (χ0n) is 34.5. The van der Waals surface area contributed by atoms with Crippen LogP contribution >= 0.6 is 23.2 Å². The molecule has 2 amide bonds. The topological polar surface area (TPSA) is 72.9 Å². The van der Waals surface area contributed by atoms with E-state index in [1.54, 1.807) is 12.2 Å². The Hall–Kier alpha value is -4.20. The molecule has 6 nitrogen and oxygen atoms in total. The monoisotopic (exact) mass is 817 g/mol. The molecule has 0 saturated carbocycles. The van der Waals surface area contributed by atoms with E-state index < -0.39 is 5.60 Å². The molecule has 0 bridgehead atoms. The van der Waals surface area contributed by atoms with E-state index in [-0.39, 0.29) is 28.6 Å². The fourth-order valence-corrected chi connectivity index (χ4v) is 10.9. The van der Waals surface area contributed by atoms with Gasteiger partial charge in [-0.15, -0.1) is 0 Å². The first-order valence-corrected chi connectivity index (χ1v) is 21.5. The number of hydrogen-bond acceptors (Lipinski definition) is 4. The Morgan fingerprint density at radius 1 is 0.672 bits per heavy atom. The number of halogens is 2. The number of rotatable bonds is 6. The first kappa shape index (κ1) is 41.9.